The van der Waals surface area contributed by atoms with Crippen molar-refractivity contribution >= 4 is 11.6 Å². The average molecular weight is 149 g/mol. The lowest BCUT2D eigenvalue weighted by Crippen LogP contribution is -2.17. The molecule has 2 N–H and O–H groups in total. The van der Waals surface area contributed by atoms with Crippen LogP contribution in [0.15, 0.2) is 24.3 Å². The van der Waals surface area contributed by atoms with Gasteiger partial charge in [0.2, 0.25) is 0 Å². The molecule has 0 spiro atoms. The van der Waals surface area contributed by atoms with Gasteiger partial charge in [-0.1, -0.05) is 0 Å². The smallest absolute Gasteiger partial charge is 0.251 e. The van der Waals surface area contributed by atoms with Gasteiger partial charge in [0.15, 0.2) is 0 Å². The van der Waals surface area contributed by atoms with Gasteiger partial charge >= 0.3 is 0 Å². The second-order valence-electron chi connectivity index (χ2n) is 2.16. The quantitative estimate of drug-likeness (QED) is 0.635. The number of hydrogen-bond donors (Lipinski definition) is 1. The molecule has 0 fully saturated rings. The molecule has 0 saturated heterocycles. The number of carbonyl (C=O) groups is 1. The molecule has 0 aliphatic rings. The molecule has 1 radical (unpaired) electrons. The Balaban J connectivity index is 2.90. The van der Waals surface area contributed by atoms with Crippen molar-refractivity contribution < 1.29 is 4.79 Å². The number of carbonyl (C=O) groups excluding carboxylic acids is 1. The van der Waals surface area contributed by atoms with E-state index >= 15 is 0 Å². The molecule has 11 heavy (non-hydrogen) atoms. The Bertz CT molecular complexity index is 253. The topological polar surface area (TPSA) is 52.9 Å². The standard InChI is InChI=1S/C8H9N2O/c1-10-8(11)6-2-4-7(9)5-3-6/h2-5,9H,1H3,(H,10,11). The third kappa shape index (κ3) is 1.70. The second kappa shape index (κ2) is 3.05. The van der Waals surface area contributed by atoms with E-state index in [2.05, 4.69) is 5.32 Å². The van der Waals surface area contributed by atoms with Crippen molar-refractivity contribution in [2.24, 2.45) is 0 Å². The Kier molecular flexibility index (Phi) is 2.11. The van der Waals surface area contributed by atoms with Gasteiger partial charge in [0.25, 0.3) is 5.91 Å². The van der Waals surface area contributed by atoms with Crippen LogP contribution in [0.2, 0.25) is 0 Å². The van der Waals surface area contributed by atoms with Gasteiger partial charge in [-0.15, -0.1) is 0 Å². The van der Waals surface area contributed by atoms with Crippen LogP contribution in [0.4, 0.5) is 5.69 Å². The Morgan fingerprint density at radius 2 is 1.91 bits per heavy atom. The molecule has 0 aliphatic carbocycles. The molecule has 0 saturated carbocycles. The van der Waals surface area contributed by atoms with E-state index in [1.807, 2.05) is 0 Å². The maximum Gasteiger partial charge on any atom is 0.251 e. The Labute approximate surface area is 65.2 Å². The fourth-order valence-electron chi connectivity index (χ4n) is 0.766. The molecule has 0 atom stereocenters. The molecule has 1 aromatic rings. The highest BCUT2D eigenvalue weighted by Crippen LogP contribution is 2.05. The zero-order chi connectivity index (χ0) is 8.27. The molecular formula is C8H9N2O. The van der Waals surface area contributed by atoms with Crippen molar-refractivity contribution in [3.63, 3.8) is 0 Å². The summed E-state index contributed by atoms with van der Waals surface area (Å²) in [5.74, 6) is -0.120. The van der Waals surface area contributed by atoms with E-state index in [1.54, 1.807) is 31.3 Å². The number of hydrogen-bond acceptors (Lipinski definition) is 1. The van der Waals surface area contributed by atoms with Crippen molar-refractivity contribution in [3.8, 4) is 0 Å². The van der Waals surface area contributed by atoms with Gasteiger partial charge in [0.05, 0.1) is 5.69 Å². The summed E-state index contributed by atoms with van der Waals surface area (Å²) in [6, 6.07) is 6.43. The molecule has 0 bridgehead atoms. The third-order valence-corrected chi connectivity index (χ3v) is 1.37. The summed E-state index contributed by atoms with van der Waals surface area (Å²) in [4.78, 5) is 11.0. The van der Waals surface area contributed by atoms with Crippen molar-refractivity contribution in [1.82, 2.24) is 11.1 Å². The fraction of sp³-hybridized carbons (Fsp3) is 0.125. The van der Waals surface area contributed by atoms with Gasteiger partial charge in [0, 0.05) is 12.6 Å². The number of rotatable bonds is 1. The number of benzene rings is 1. The summed E-state index contributed by atoms with van der Waals surface area (Å²) in [5, 5.41) is 2.50. The highest BCUT2D eigenvalue weighted by atomic mass is 16.1. The van der Waals surface area contributed by atoms with Crippen LogP contribution in [-0.2, 0) is 0 Å². The molecule has 0 heterocycles. The van der Waals surface area contributed by atoms with E-state index in [1.165, 1.54) is 0 Å². The lowest BCUT2D eigenvalue weighted by atomic mass is 10.2. The first-order valence-corrected chi connectivity index (χ1v) is 3.28. The van der Waals surface area contributed by atoms with Crippen LogP contribution in [0.5, 0.6) is 0 Å². The lowest BCUT2D eigenvalue weighted by molar-refractivity contribution is 0.0963. The maximum atomic E-state index is 11.0. The highest BCUT2D eigenvalue weighted by molar-refractivity contribution is 5.94. The largest absolute Gasteiger partial charge is 0.355 e. The second-order valence-corrected chi connectivity index (χ2v) is 2.16. The van der Waals surface area contributed by atoms with Crippen LogP contribution >= 0.6 is 0 Å². The molecule has 3 nitrogen and oxygen atoms in total. The fourth-order valence-corrected chi connectivity index (χ4v) is 0.766. The predicted molar refractivity (Wildman–Crippen MR) is 42.6 cm³/mol. The minimum atomic E-state index is -0.120. The summed E-state index contributed by atoms with van der Waals surface area (Å²) >= 11 is 0. The van der Waals surface area contributed by atoms with E-state index in [0.29, 0.717) is 11.3 Å². The minimum absolute atomic E-state index is 0.120. The van der Waals surface area contributed by atoms with Gasteiger partial charge in [-0.25, -0.2) is 0 Å². The van der Waals surface area contributed by atoms with E-state index < -0.39 is 0 Å². The highest BCUT2D eigenvalue weighted by Gasteiger charge is 1.99. The van der Waals surface area contributed by atoms with Crippen LogP contribution in [0.1, 0.15) is 10.4 Å². The molecule has 1 amide bonds. The first kappa shape index (κ1) is 7.60. The Hall–Kier alpha value is -1.51. The normalized spacial score (nSPS) is 9.18. The zero-order valence-electron chi connectivity index (χ0n) is 6.22. The minimum Gasteiger partial charge on any atom is -0.355 e. The molecule has 3 heteroatoms. The Morgan fingerprint density at radius 3 is 2.36 bits per heavy atom. The SMILES string of the molecule is CNC(=O)c1ccc([NH])cc1. The van der Waals surface area contributed by atoms with Gasteiger partial charge in [-0.05, 0) is 24.3 Å². The summed E-state index contributed by atoms with van der Waals surface area (Å²) in [7, 11) is 1.58. The molecule has 1 rings (SSSR count). The zero-order valence-corrected chi connectivity index (χ0v) is 6.22. The first-order valence-electron chi connectivity index (χ1n) is 3.28. The molecule has 57 valence electrons. The number of amides is 1. The van der Waals surface area contributed by atoms with Crippen LogP contribution < -0.4 is 11.1 Å². The first-order chi connectivity index (χ1) is 5.24. The Morgan fingerprint density at radius 1 is 1.36 bits per heavy atom. The summed E-state index contributed by atoms with van der Waals surface area (Å²) < 4.78 is 0. The summed E-state index contributed by atoms with van der Waals surface area (Å²) in [6.45, 7) is 0. The van der Waals surface area contributed by atoms with Gasteiger partial charge < -0.3 is 11.1 Å². The maximum absolute atomic E-state index is 11.0. The van der Waals surface area contributed by atoms with Crippen LogP contribution in [0, 0.1) is 0 Å². The molecule has 0 aromatic heterocycles. The van der Waals surface area contributed by atoms with Crippen LogP contribution in [0.3, 0.4) is 0 Å². The average Bonchev–Trinajstić information content (AvgIpc) is 2.05. The van der Waals surface area contributed by atoms with Crippen molar-refractivity contribution in [1.29, 1.82) is 0 Å². The molecule has 1 aromatic carbocycles. The van der Waals surface area contributed by atoms with Crippen LogP contribution in [0.25, 0.3) is 0 Å². The van der Waals surface area contributed by atoms with Crippen LogP contribution in [-0.4, -0.2) is 13.0 Å². The van der Waals surface area contributed by atoms with Crippen molar-refractivity contribution in [2.45, 2.75) is 0 Å². The third-order valence-electron chi connectivity index (χ3n) is 1.37. The molecule has 0 aliphatic heterocycles. The van der Waals surface area contributed by atoms with E-state index in [-0.39, 0.29) is 5.91 Å². The number of nitrogens with one attached hydrogen (secondary N) is 2. The summed E-state index contributed by atoms with van der Waals surface area (Å²) in [5.41, 5.74) is 8.16. The van der Waals surface area contributed by atoms with Gasteiger partial charge in [-0.2, -0.15) is 0 Å². The molecular weight excluding hydrogens is 140 g/mol. The van der Waals surface area contributed by atoms with E-state index in [0.717, 1.165) is 0 Å². The summed E-state index contributed by atoms with van der Waals surface area (Å²) in [6.07, 6.45) is 0. The lowest BCUT2D eigenvalue weighted by Gasteiger charge is -1.97. The monoisotopic (exact) mass is 149 g/mol. The predicted octanol–water partition coefficient (Wildman–Crippen LogP) is 0.961. The van der Waals surface area contributed by atoms with Gasteiger partial charge in [-0.3, -0.25) is 4.79 Å². The molecule has 0 unspecified atom stereocenters. The van der Waals surface area contributed by atoms with Crippen molar-refractivity contribution in [3.05, 3.63) is 29.8 Å². The van der Waals surface area contributed by atoms with E-state index in [4.69, 9.17) is 5.73 Å². The van der Waals surface area contributed by atoms with Crippen molar-refractivity contribution in [2.75, 3.05) is 7.05 Å². The van der Waals surface area contributed by atoms with Gasteiger partial charge in [0.1, 0.15) is 0 Å². The van der Waals surface area contributed by atoms with E-state index in [9.17, 15) is 4.79 Å².